The molecular formula is C11H11BrF2O2. The molecule has 1 aliphatic heterocycles. The van der Waals surface area contributed by atoms with Crippen LogP contribution in [0.2, 0.25) is 0 Å². The minimum atomic E-state index is -1.53. The molecule has 0 fully saturated rings. The number of aliphatic hydroxyl groups is 1. The van der Waals surface area contributed by atoms with Crippen molar-refractivity contribution in [2.24, 2.45) is 0 Å². The zero-order chi connectivity index (χ0) is 11.8. The van der Waals surface area contributed by atoms with Gasteiger partial charge < -0.3 is 9.84 Å². The van der Waals surface area contributed by atoms with Gasteiger partial charge in [0.2, 0.25) is 0 Å². The molecule has 16 heavy (non-hydrogen) atoms. The number of fused-ring (bicyclic) bond motifs is 1. The molecule has 5 heteroatoms. The molecule has 2 nitrogen and oxygen atoms in total. The van der Waals surface area contributed by atoms with Crippen LogP contribution >= 0.6 is 15.9 Å². The van der Waals surface area contributed by atoms with Gasteiger partial charge in [0.15, 0.2) is 5.60 Å². The van der Waals surface area contributed by atoms with Gasteiger partial charge in [-0.15, -0.1) is 0 Å². The third-order valence-corrected chi connectivity index (χ3v) is 3.21. The second kappa shape index (κ2) is 4.30. The van der Waals surface area contributed by atoms with E-state index in [4.69, 9.17) is 4.74 Å². The monoisotopic (exact) mass is 292 g/mol. The van der Waals surface area contributed by atoms with Crippen molar-refractivity contribution in [1.82, 2.24) is 0 Å². The summed E-state index contributed by atoms with van der Waals surface area (Å²) in [5.41, 5.74) is -0.964. The fourth-order valence-corrected chi connectivity index (χ4v) is 2.15. The van der Waals surface area contributed by atoms with Crippen LogP contribution in [0.4, 0.5) is 8.78 Å². The molecule has 1 atom stereocenters. The normalized spacial score (nSPS) is 22.4. The molecular weight excluding hydrogens is 282 g/mol. The Kier molecular flexibility index (Phi) is 3.17. The van der Waals surface area contributed by atoms with Crippen LogP contribution in [-0.2, 0) is 0 Å². The first-order chi connectivity index (χ1) is 7.60. The van der Waals surface area contributed by atoms with Crippen LogP contribution in [0.5, 0.6) is 5.75 Å². The summed E-state index contributed by atoms with van der Waals surface area (Å²) in [4.78, 5) is 0. The second-order valence-electron chi connectivity index (χ2n) is 3.95. The van der Waals surface area contributed by atoms with E-state index >= 15 is 0 Å². The third kappa shape index (κ3) is 1.94. The molecule has 0 saturated heterocycles. The number of aliphatic hydroxyl groups excluding tert-OH is 1. The summed E-state index contributed by atoms with van der Waals surface area (Å²) in [7, 11) is 0. The maximum absolute atomic E-state index is 12.8. The lowest BCUT2D eigenvalue weighted by atomic mass is 9.91. The minimum absolute atomic E-state index is 0.0609. The lowest BCUT2D eigenvalue weighted by Crippen LogP contribution is -2.45. The van der Waals surface area contributed by atoms with Crippen LogP contribution in [0.15, 0.2) is 22.7 Å². The molecule has 0 saturated carbocycles. The van der Waals surface area contributed by atoms with Crippen molar-refractivity contribution in [1.29, 1.82) is 0 Å². The molecule has 2 rings (SSSR count). The van der Waals surface area contributed by atoms with Gasteiger partial charge in [-0.1, -0.05) is 22.0 Å². The number of benzene rings is 1. The SMILES string of the molecule is O[C@H]1CC(CF)(CF)Oc2cc(Br)ccc21. The molecule has 0 spiro atoms. The van der Waals surface area contributed by atoms with Gasteiger partial charge in [-0.05, 0) is 12.1 Å². The molecule has 1 N–H and O–H groups in total. The molecule has 1 aliphatic rings. The quantitative estimate of drug-likeness (QED) is 0.908. The van der Waals surface area contributed by atoms with Crippen molar-refractivity contribution >= 4 is 15.9 Å². The molecule has 0 unspecified atom stereocenters. The van der Waals surface area contributed by atoms with Gasteiger partial charge in [-0.3, -0.25) is 0 Å². The summed E-state index contributed by atoms with van der Waals surface area (Å²) in [6, 6.07) is 5.05. The van der Waals surface area contributed by atoms with E-state index in [-0.39, 0.29) is 6.42 Å². The van der Waals surface area contributed by atoms with E-state index in [1.54, 1.807) is 18.2 Å². The average Bonchev–Trinajstić information content (AvgIpc) is 2.28. The van der Waals surface area contributed by atoms with Gasteiger partial charge in [0.05, 0.1) is 6.10 Å². The zero-order valence-electron chi connectivity index (χ0n) is 8.42. The predicted octanol–water partition coefficient (Wildman–Crippen LogP) is 2.94. The fourth-order valence-electron chi connectivity index (χ4n) is 1.81. The van der Waals surface area contributed by atoms with Gasteiger partial charge in [-0.2, -0.15) is 0 Å². The molecule has 1 heterocycles. The summed E-state index contributed by atoms with van der Waals surface area (Å²) in [6.45, 7) is -1.90. The van der Waals surface area contributed by atoms with E-state index in [2.05, 4.69) is 15.9 Å². The Balaban J connectivity index is 2.41. The number of hydrogen-bond acceptors (Lipinski definition) is 2. The maximum atomic E-state index is 12.8. The fraction of sp³-hybridized carbons (Fsp3) is 0.455. The van der Waals surface area contributed by atoms with Gasteiger partial charge in [0.25, 0.3) is 0 Å². The lowest BCUT2D eigenvalue weighted by molar-refractivity contribution is -0.0443. The van der Waals surface area contributed by atoms with E-state index in [1.165, 1.54) is 0 Å². The van der Waals surface area contributed by atoms with Crippen molar-refractivity contribution in [2.75, 3.05) is 13.3 Å². The highest BCUT2D eigenvalue weighted by atomic mass is 79.9. The summed E-state index contributed by atoms with van der Waals surface area (Å²) < 4.78 is 31.7. The molecule has 0 amide bonds. The first-order valence-electron chi connectivity index (χ1n) is 4.89. The van der Waals surface area contributed by atoms with Gasteiger partial charge in [-0.25, -0.2) is 8.78 Å². The first-order valence-corrected chi connectivity index (χ1v) is 5.68. The topological polar surface area (TPSA) is 29.5 Å². The summed E-state index contributed by atoms with van der Waals surface area (Å²) in [5.74, 6) is 0.337. The van der Waals surface area contributed by atoms with Crippen LogP contribution in [0.1, 0.15) is 18.1 Å². The van der Waals surface area contributed by atoms with Crippen molar-refractivity contribution in [3.8, 4) is 5.75 Å². The summed E-state index contributed by atoms with van der Waals surface area (Å²) >= 11 is 3.24. The number of ether oxygens (including phenoxy) is 1. The van der Waals surface area contributed by atoms with Crippen molar-refractivity contribution in [3.63, 3.8) is 0 Å². The van der Waals surface area contributed by atoms with Crippen LogP contribution in [0.3, 0.4) is 0 Å². The highest BCUT2D eigenvalue weighted by Crippen LogP contribution is 2.41. The highest BCUT2D eigenvalue weighted by molar-refractivity contribution is 9.10. The van der Waals surface area contributed by atoms with Gasteiger partial charge >= 0.3 is 0 Å². The van der Waals surface area contributed by atoms with E-state index in [9.17, 15) is 13.9 Å². The van der Waals surface area contributed by atoms with Gasteiger partial charge in [0.1, 0.15) is 19.1 Å². The maximum Gasteiger partial charge on any atom is 0.168 e. The Morgan fingerprint density at radius 3 is 2.75 bits per heavy atom. The molecule has 1 aromatic rings. The lowest BCUT2D eigenvalue weighted by Gasteiger charge is -2.37. The predicted molar refractivity (Wildman–Crippen MR) is 59.0 cm³/mol. The van der Waals surface area contributed by atoms with E-state index in [1.807, 2.05) is 0 Å². The van der Waals surface area contributed by atoms with Crippen molar-refractivity contribution in [2.45, 2.75) is 18.1 Å². The van der Waals surface area contributed by atoms with Crippen molar-refractivity contribution in [3.05, 3.63) is 28.2 Å². The average molecular weight is 293 g/mol. The molecule has 0 aliphatic carbocycles. The molecule has 0 aromatic heterocycles. The Bertz CT molecular complexity index is 394. The Morgan fingerprint density at radius 2 is 2.12 bits per heavy atom. The smallest absolute Gasteiger partial charge is 0.168 e. The third-order valence-electron chi connectivity index (χ3n) is 2.71. The van der Waals surface area contributed by atoms with Gasteiger partial charge in [0, 0.05) is 16.5 Å². The Hall–Kier alpha value is -0.680. The number of hydrogen-bond donors (Lipinski definition) is 1. The number of alkyl halides is 2. The summed E-state index contributed by atoms with van der Waals surface area (Å²) in [5, 5.41) is 9.82. The van der Waals surface area contributed by atoms with Crippen molar-refractivity contribution < 1.29 is 18.6 Å². The first kappa shape index (κ1) is 11.8. The van der Waals surface area contributed by atoms with E-state index in [0.717, 1.165) is 4.47 Å². The molecule has 1 aromatic carbocycles. The van der Waals surface area contributed by atoms with Crippen LogP contribution in [0, 0.1) is 0 Å². The second-order valence-corrected chi connectivity index (χ2v) is 4.87. The highest BCUT2D eigenvalue weighted by Gasteiger charge is 2.41. The minimum Gasteiger partial charge on any atom is -0.481 e. The zero-order valence-corrected chi connectivity index (χ0v) is 10.0. The largest absolute Gasteiger partial charge is 0.481 e. The molecule has 0 bridgehead atoms. The van der Waals surface area contributed by atoms with Crippen LogP contribution < -0.4 is 4.74 Å². The molecule has 88 valence electrons. The van der Waals surface area contributed by atoms with Crippen LogP contribution in [0.25, 0.3) is 0 Å². The number of rotatable bonds is 2. The van der Waals surface area contributed by atoms with E-state index < -0.39 is 25.1 Å². The standard InChI is InChI=1S/C11H11BrF2O2/c12-7-1-2-8-9(15)4-11(5-13,6-14)16-10(8)3-7/h1-3,9,15H,4-6H2/t9-/m0/s1. The Labute approximate surface area is 100 Å². The summed E-state index contributed by atoms with van der Waals surface area (Å²) in [6.07, 6.45) is -0.947. The Morgan fingerprint density at radius 1 is 1.44 bits per heavy atom. The number of halogens is 3. The van der Waals surface area contributed by atoms with Crippen LogP contribution in [-0.4, -0.2) is 24.1 Å². The van der Waals surface area contributed by atoms with E-state index in [0.29, 0.717) is 11.3 Å². The molecule has 0 radical (unpaired) electrons.